The molecule has 2 aliphatic carbocycles. The molecule has 0 saturated heterocycles. The second-order valence-electron chi connectivity index (χ2n) is 7.52. The lowest BCUT2D eigenvalue weighted by Crippen LogP contribution is -2.24. The molecule has 0 unspecified atom stereocenters. The van der Waals surface area contributed by atoms with Crippen LogP contribution < -0.4 is 0 Å². The SMILES string of the molecule is O=C(O)C(CC(=O)C1CCCCC1)=C(CC(=O)C1CCCCC1)C(=O)O. The number of carbonyl (C=O) groups is 4. The van der Waals surface area contributed by atoms with Gasteiger partial charge < -0.3 is 10.2 Å². The topological polar surface area (TPSA) is 109 Å². The predicted molar refractivity (Wildman–Crippen MR) is 94.7 cm³/mol. The smallest absolute Gasteiger partial charge is 0.332 e. The van der Waals surface area contributed by atoms with Crippen molar-refractivity contribution in [1.29, 1.82) is 0 Å². The number of carbonyl (C=O) groups excluding carboxylic acids is 2. The molecule has 0 bridgehead atoms. The van der Waals surface area contributed by atoms with Crippen LogP contribution in [0.5, 0.6) is 0 Å². The molecular formula is C20H28O6. The molecule has 2 fully saturated rings. The van der Waals surface area contributed by atoms with Crippen molar-refractivity contribution in [1.82, 2.24) is 0 Å². The molecule has 0 heterocycles. The fourth-order valence-corrected chi connectivity index (χ4v) is 4.11. The summed E-state index contributed by atoms with van der Waals surface area (Å²) in [4.78, 5) is 48.2. The maximum Gasteiger partial charge on any atom is 0.332 e. The molecule has 144 valence electrons. The number of ketones is 2. The molecule has 6 nitrogen and oxygen atoms in total. The first-order valence-corrected chi connectivity index (χ1v) is 9.64. The van der Waals surface area contributed by atoms with Crippen LogP contribution in [0.25, 0.3) is 0 Å². The Morgan fingerprint density at radius 2 is 0.885 bits per heavy atom. The normalized spacial score (nSPS) is 20.3. The van der Waals surface area contributed by atoms with Gasteiger partial charge in [-0.2, -0.15) is 0 Å². The van der Waals surface area contributed by atoms with E-state index in [4.69, 9.17) is 0 Å². The molecule has 2 saturated carbocycles. The minimum atomic E-state index is -1.41. The zero-order chi connectivity index (χ0) is 19.1. The Bertz CT molecular complexity index is 539. The third kappa shape index (κ3) is 5.51. The molecule has 0 radical (unpaired) electrons. The molecule has 0 amide bonds. The van der Waals surface area contributed by atoms with E-state index in [1.807, 2.05) is 0 Å². The quantitative estimate of drug-likeness (QED) is 0.638. The lowest BCUT2D eigenvalue weighted by Gasteiger charge is -2.22. The number of carboxylic acid groups (broad SMARTS) is 2. The van der Waals surface area contributed by atoms with Gasteiger partial charge in [0.05, 0.1) is 11.1 Å². The molecule has 0 aliphatic heterocycles. The summed E-state index contributed by atoms with van der Waals surface area (Å²) in [7, 11) is 0. The molecule has 0 aromatic heterocycles. The van der Waals surface area contributed by atoms with Crippen LogP contribution >= 0.6 is 0 Å². The van der Waals surface area contributed by atoms with Crippen molar-refractivity contribution in [2.75, 3.05) is 0 Å². The number of hydrogen-bond acceptors (Lipinski definition) is 4. The number of hydrogen-bond donors (Lipinski definition) is 2. The van der Waals surface area contributed by atoms with E-state index in [-0.39, 0.29) is 23.4 Å². The average Bonchev–Trinajstić information content (AvgIpc) is 2.65. The van der Waals surface area contributed by atoms with E-state index in [1.165, 1.54) is 0 Å². The summed E-state index contributed by atoms with van der Waals surface area (Å²) in [6, 6.07) is 0. The first-order valence-electron chi connectivity index (χ1n) is 9.64. The summed E-state index contributed by atoms with van der Waals surface area (Å²) in [5.74, 6) is -3.65. The van der Waals surface area contributed by atoms with Crippen LogP contribution in [0.3, 0.4) is 0 Å². The summed E-state index contributed by atoms with van der Waals surface area (Å²) in [5, 5.41) is 19.0. The van der Waals surface area contributed by atoms with Crippen LogP contribution in [0, 0.1) is 11.8 Å². The van der Waals surface area contributed by atoms with E-state index in [2.05, 4.69) is 0 Å². The number of carboxylic acids is 2. The Morgan fingerprint density at radius 1 is 0.577 bits per heavy atom. The molecule has 0 spiro atoms. The van der Waals surface area contributed by atoms with Crippen molar-refractivity contribution in [3.63, 3.8) is 0 Å². The third-order valence-electron chi connectivity index (χ3n) is 5.70. The van der Waals surface area contributed by atoms with Crippen molar-refractivity contribution in [3.05, 3.63) is 11.1 Å². The monoisotopic (exact) mass is 364 g/mol. The first kappa shape index (κ1) is 20.3. The Hall–Kier alpha value is -1.98. The van der Waals surface area contributed by atoms with E-state index >= 15 is 0 Å². The summed E-state index contributed by atoms with van der Waals surface area (Å²) in [6.07, 6.45) is 8.02. The van der Waals surface area contributed by atoms with Crippen LogP contribution in [-0.4, -0.2) is 33.7 Å². The van der Waals surface area contributed by atoms with Gasteiger partial charge in [-0.15, -0.1) is 0 Å². The van der Waals surface area contributed by atoms with E-state index in [0.29, 0.717) is 0 Å². The maximum absolute atomic E-state index is 12.5. The number of aliphatic carboxylic acids is 2. The summed E-state index contributed by atoms with van der Waals surface area (Å²) in [6.45, 7) is 0. The first-order chi connectivity index (χ1) is 12.4. The van der Waals surface area contributed by atoms with Crippen LogP contribution in [0.1, 0.15) is 77.0 Å². The lowest BCUT2D eigenvalue weighted by atomic mass is 9.81. The molecule has 0 atom stereocenters. The van der Waals surface area contributed by atoms with Crippen molar-refractivity contribution < 1.29 is 29.4 Å². The van der Waals surface area contributed by atoms with Gasteiger partial charge in [-0.3, -0.25) is 9.59 Å². The second-order valence-corrected chi connectivity index (χ2v) is 7.52. The number of Topliss-reactive ketones (excluding diaryl/α,β-unsaturated/α-hetero) is 2. The molecular weight excluding hydrogens is 336 g/mol. The summed E-state index contributed by atoms with van der Waals surface area (Å²) < 4.78 is 0. The number of rotatable bonds is 8. The highest BCUT2D eigenvalue weighted by molar-refractivity contribution is 6.05. The summed E-state index contributed by atoms with van der Waals surface area (Å²) in [5.41, 5.74) is -0.838. The average molecular weight is 364 g/mol. The van der Waals surface area contributed by atoms with Gasteiger partial charge in [0.2, 0.25) is 0 Å². The Labute approximate surface area is 153 Å². The molecule has 0 aromatic carbocycles. The van der Waals surface area contributed by atoms with E-state index in [1.54, 1.807) is 0 Å². The minimum Gasteiger partial charge on any atom is -0.478 e. The van der Waals surface area contributed by atoms with E-state index in [0.717, 1.165) is 64.2 Å². The predicted octanol–water partition coefficient (Wildman–Crippen LogP) is 3.53. The molecule has 26 heavy (non-hydrogen) atoms. The van der Waals surface area contributed by atoms with Gasteiger partial charge in [-0.1, -0.05) is 38.5 Å². The maximum atomic E-state index is 12.5. The van der Waals surface area contributed by atoms with Crippen LogP contribution in [0.2, 0.25) is 0 Å². The minimum absolute atomic E-state index is 0.192. The molecule has 2 rings (SSSR count). The Balaban J connectivity index is 2.16. The van der Waals surface area contributed by atoms with Crippen molar-refractivity contribution >= 4 is 23.5 Å². The van der Waals surface area contributed by atoms with Gasteiger partial charge >= 0.3 is 11.9 Å². The Kier molecular flexibility index (Phi) is 7.54. The third-order valence-corrected chi connectivity index (χ3v) is 5.70. The highest BCUT2D eigenvalue weighted by Crippen LogP contribution is 2.29. The van der Waals surface area contributed by atoms with Crippen LogP contribution in [0.4, 0.5) is 0 Å². The highest BCUT2D eigenvalue weighted by atomic mass is 16.4. The van der Waals surface area contributed by atoms with Gasteiger partial charge in [0.25, 0.3) is 0 Å². The summed E-state index contributed by atoms with van der Waals surface area (Å²) >= 11 is 0. The second kappa shape index (κ2) is 9.64. The van der Waals surface area contributed by atoms with Gasteiger partial charge in [0, 0.05) is 24.7 Å². The van der Waals surface area contributed by atoms with Crippen molar-refractivity contribution in [3.8, 4) is 0 Å². The van der Waals surface area contributed by atoms with E-state index < -0.39 is 35.9 Å². The largest absolute Gasteiger partial charge is 0.478 e. The fraction of sp³-hybridized carbons (Fsp3) is 0.700. The van der Waals surface area contributed by atoms with Gasteiger partial charge in [0.15, 0.2) is 0 Å². The van der Waals surface area contributed by atoms with E-state index in [9.17, 15) is 29.4 Å². The lowest BCUT2D eigenvalue weighted by molar-refractivity contribution is -0.137. The molecule has 2 N–H and O–H groups in total. The standard InChI is InChI=1S/C20H28O6/c21-17(13-7-3-1-4-8-13)11-15(19(23)24)16(20(25)26)12-18(22)14-9-5-2-6-10-14/h13-14H,1-12H2,(H,23,24)(H,25,26). The molecule has 2 aliphatic rings. The zero-order valence-corrected chi connectivity index (χ0v) is 15.2. The highest BCUT2D eigenvalue weighted by Gasteiger charge is 2.30. The van der Waals surface area contributed by atoms with Gasteiger partial charge in [0.1, 0.15) is 11.6 Å². The van der Waals surface area contributed by atoms with Crippen molar-refractivity contribution in [2.45, 2.75) is 77.0 Å². The van der Waals surface area contributed by atoms with Gasteiger partial charge in [-0.05, 0) is 25.7 Å². The van der Waals surface area contributed by atoms with Crippen molar-refractivity contribution in [2.24, 2.45) is 11.8 Å². The van der Waals surface area contributed by atoms with Gasteiger partial charge in [-0.25, -0.2) is 9.59 Å². The fourth-order valence-electron chi connectivity index (χ4n) is 4.11. The van der Waals surface area contributed by atoms with Crippen LogP contribution in [-0.2, 0) is 19.2 Å². The zero-order valence-electron chi connectivity index (χ0n) is 15.2. The van der Waals surface area contributed by atoms with Crippen LogP contribution in [0.15, 0.2) is 11.1 Å². The Morgan fingerprint density at radius 3 is 1.15 bits per heavy atom. The molecule has 6 heteroatoms. The molecule has 0 aromatic rings.